The third kappa shape index (κ3) is 4.86. The molecule has 6 heteroatoms. The Morgan fingerprint density at radius 2 is 1.81 bits per heavy atom. The second-order valence-corrected chi connectivity index (χ2v) is 6.75. The van der Waals surface area contributed by atoms with E-state index in [4.69, 9.17) is 4.74 Å². The van der Waals surface area contributed by atoms with Crippen LogP contribution in [0.2, 0.25) is 0 Å². The van der Waals surface area contributed by atoms with Crippen molar-refractivity contribution in [3.8, 4) is 0 Å². The number of rotatable bonds is 5. The molecule has 1 heterocycles. The van der Waals surface area contributed by atoms with Crippen molar-refractivity contribution >= 4 is 23.2 Å². The molecule has 0 spiro atoms. The Morgan fingerprint density at radius 1 is 1.07 bits per heavy atom. The highest BCUT2D eigenvalue weighted by molar-refractivity contribution is 6.39. The van der Waals surface area contributed by atoms with Crippen LogP contribution in [-0.4, -0.2) is 32.5 Å². The van der Waals surface area contributed by atoms with Crippen molar-refractivity contribution in [3.05, 3.63) is 59.2 Å². The molecule has 0 saturated heterocycles. The fourth-order valence-electron chi connectivity index (χ4n) is 3.23. The smallest absolute Gasteiger partial charge is 0.313 e. The molecular formula is C21H25N3O3. The Morgan fingerprint density at radius 3 is 2.56 bits per heavy atom. The van der Waals surface area contributed by atoms with Crippen LogP contribution in [0.1, 0.15) is 23.1 Å². The second kappa shape index (κ2) is 8.68. The van der Waals surface area contributed by atoms with E-state index in [0.717, 1.165) is 30.5 Å². The van der Waals surface area contributed by atoms with Crippen LogP contribution >= 0.6 is 0 Å². The van der Waals surface area contributed by atoms with Crippen LogP contribution in [0, 0.1) is 0 Å². The number of anilines is 2. The predicted octanol–water partition coefficient (Wildman–Crippen LogP) is 2.47. The average molecular weight is 367 g/mol. The van der Waals surface area contributed by atoms with Gasteiger partial charge in [0.2, 0.25) is 0 Å². The molecule has 0 saturated carbocycles. The van der Waals surface area contributed by atoms with Gasteiger partial charge in [0.15, 0.2) is 0 Å². The molecule has 27 heavy (non-hydrogen) atoms. The van der Waals surface area contributed by atoms with Gasteiger partial charge in [-0.25, -0.2) is 0 Å². The van der Waals surface area contributed by atoms with E-state index in [1.165, 1.54) is 11.3 Å². The lowest BCUT2D eigenvalue weighted by Gasteiger charge is -2.27. The number of carbonyl (C=O) groups excluding carboxylic acids is 2. The van der Waals surface area contributed by atoms with Crippen molar-refractivity contribution in [1.82, 2.24) is 5.32 Å². The number of nitrogens with zero attached hydrogens (tertiary/aromatic N) is 1. The molecule has 1 aliphatic heterocycles. The Balaban J connectivity index is 1.54. The van der Waals surface area contributed by atoms with Crippen molar-refractivity contribution in [1.29, 1.82) is 0 Å². The molecule has 0 aliphatic carbocycles. The van der Waals surface area contributed by atoms with Crippen LogP contribution in [0.5, 0.6) is 0 Å². The Labute approximate surface area is 159 Å². The first-order chi connectivity index (χ1) is 13.1. The minimum Gasteiger partial charge on any atom is -0.380 e. The quantitative estimate of drug-likeness (QED) is 0.797. The number of methoxy groups -OCH3 is 1. The fourth-order valence-corrected chi connectivity index (χ4v) is 3.23. The van der Waals surface area contributed by atoms with E-state index >= 15 is 0 Å². The molecule has 0 bridgehead atoms. The van der Waals surface area contributed by atoms with Gasteiger partial charge in [-0.05, 0) is 47.7 Å². The van der Waals surface area contributed by atoms with E-state index in [9.17, 15) is 9.59 Å². The first-order valence-electron chi connectivity index (χ1n) is 9.07. The highest BCUT2D eigenvalue weighted by Crippen LogP contribution is 2.28. The zero-order valence-electron chi connectivity index (χ0n) is 15.7. The van der Waals surface area contributed by atoms with Crippen LogP contribution in [0.3, 0.4) is 0 Å². The molecule has 6 nitrogen and oxygen atoms in total. The maximum absolute atomic E-state index is 12.2. The van der Waals surface area contributed by atoms with Crippen LogP contribution in [0.25, 0.3) is 0 Å². The molecule has 142 valence electrons. The number of hydrogen-bond donors (Lipinski definition) is 2. The lowest BCUT2D eigenvalue weighted by Crippen LogP contribution is -2.35. The average Bonchev–Trinajstić information content (AvgIpc) is 2.67. The number of carbonyl (C=O) groups is 2. The number of amides is 2. The normalized spacial score (nSPS) is 13.0. The summed E-state index contributed by atoms with van der Waals surface area (Å²) >= 11 is 0. The number of fused-ring (bicyclic) bond motifs is 1. The van der Waals surface area contributed by atoms with E-state index in [0.29, 0.717) is 18.8 Å². The maximum Gasteiger partial charge on any atom is 0.313 e. The summed E-state index contributed by atoms with van der Waals surface area (Å²) in [6.45, 7) is 1.88. The summed E-state index contributed by atoms with van der Waals surface area (Å²) in [5.74, 6) is -1.30. The highest BCUT2D eigenvalue weighted by atomic mass is 16.5. The zero-order chi connectivity index (χ0) is 19.2. The van der Waals surface area contributed by atoms with E-state index in [1.807, 2.05) is 42.5 Å². The summed E-state index contributed by atoms with van der Waals surface area (Å²) in [5, 5.41) is 5.33. The van der Waals surface area contributed by atoms with E-state index in [-0.39, 0.29) is 0 Å². The largest absolute Gasteiger partial charge is 0.380 e. The molecule has 2 amide bonds. The van der Waals surface area contributed by atoms with Gasteiger partial charge in [0.25, 0.3) is 0 Å². The van der Waals surface area contributed by atoms with Crippen molar-refractivity contribution < 1.29 is 14.3 Å². The van der Waals surface area contributed by atoms with Crippen molar-refractivity contribution in [2.45, 2.75) is 26.0 Å². The summed E-state index contributed by atoms with van der Waals surface area (Å²) in [6, 6.07) is 13.5. The van der Waals surface area contributed by atoms with Gasteiger partial charge in [0.05, 0.1) is 6.61 Å². The van der Waals surface area contributed by atoms with Gasteiger partial charge < -0.3 is 20.3 Å². The minimum absolute atomic E-state index is 0.300. The Bertz CT molecular complexity index is 818. The topological polar surface area (TPSA) is 70.7 Å². The van der Waals surface area contributed by atoms with Crippen molar-refractivity contribution in [2.75, 3.05) is 30.9 Å². The second-order valence-electron chi connectivity index (χ2n) is 6.75. The Kier molecular flexibility index (Phi) is 6.08. The van der Waals surface area contributed by atoms with Gasteiger partial charge in [-0.15, -0.1) is 0 Å². The van der Waals surface area contributed by atoms with Gasteiger partial charge in [0.1, 0.15) is 0 Å². The van der Waals surface area contributed by atoms with E-state index in [1.54, 1.807) is 7.11 Å². The fraction of sp³-hybridized carbons (Fsp3) is 0.333. The SMILES string of the molecule is COCc1ccc(CNC(=O)C(=O)Nc2ccc3c(c2)CCCN3C)cc1. The van der Waals surface area contributed by atoms with Gasteiger partial charge in [-0.1, -0.05) is 24.3 Å². The van der Waals surface area contributed by atoms with Crippen molar-refractivity contribution in [2.24, 2.45) is 0 Å². The Hall–Kier alpha value is -2.86. The van der Waals surface area contributed by atoms with Crippen LogP contribution in [-0.2, 0) is 33.9 Å². The lowest BCUT2D eigenvalue weighted by molar-refractivity contribution is -0.136. The zero-order valence-corrected chi connectivity index (χ0v) is 15.7. The van der Waals surface area contributed by atoms with Crippen molar-refractivity contribution in [3.63, 3.8) is 0 Å². The summed E-state index contributed by atoms with van der Waals surface area (Å²) in [5.41, 5.74) is 5.00. The molecule has 2 aromatic rings. The minimum atomic E-state index is -0.657. The van der Waals surface area contributed by atoms with E-state index < -0.39 is 11.8 Å². The van der Waals surface area contributed by atoms with Gasteiger partial charge in [0, 0.05) is 38.6 Å². The van der Waals surface area contributed by atoms with Gasteiger partial charge in [-0.2, -0.15) is 0 Å². The third-order valence-electron chi connectivity index (χ3n) is 4.68. The molecule has 2 N–H and O–H groups in total. The molecule has 0 fully saturated rings. The van der Waals surface area contributed by atoms with Crippen LogP contribution in [0.15, 0.2) is 42.5 Å². The first-order valence-corrected chi connectivity index (χ1v) is 9.07. The summed E-state index contributed by atoms with van der Waals surface area (Å²) in [6.07, 6.45) is 2.07. The van der Waals surface area contributed by atoms with Crippen LogP contribution in [0.4, 0.5) is 11.4 Å². The summed E-state index contributed by atoms with van der Waals surface area (Å²) in [7, 11) is 3.71. The molecule has 0 atom stereocenters. The molecule has 0 unspecified atom stereocenters. The van der Waals surface area contributed by atoms with Gasteiger partial charge >= 0.3 is 11.8 Å². The maximum atomic E-state index is 12.2. The first kappa shape index (κ1) is 18.9. The molecule has 0 radical (unpaired) electrons. The molecule has 3 rings (SSSR count). The number of aryl methyl sites for hydroxylation is 1. The van der Waals surface area contributed by atoms with E-state index in [2.05, 4.69) is 22.6 Å². The molecule has 1 aliphatic rings. The van der Waals surface area contributed by atoms with Gasteiger partial charge in [-0.3, -0.25) is 9.59 Å². The summed E-state index contributed by atoms with van der Waals surface area (Å²) < 4.78 is 5.07. The highest BCUT2D eigenvalue weighted by Gasteiger charge is 2.17. The number of hydrogen-bond acceptors (Lipinski definition) is 4. The third-order valence-corrected chi connectivity index (χ3v) is 4.68. The monoisotopic (exact) mass is 367 g/mol. The molecular weight excluding hydrogens is 342 g/mol. The standard InChI is InChI=1S/C21H25N3O3/c1-24-11-3-4-17-12-18(9-10-19(17)24)23-21(26)20(25)22-13-15-5-7-16(8-6-15)14-27-2/h5-10,12H,3-4,11,13-14H2,1-2H3,(H,22,25)(H,23,26). The molecule has 0 aromatic heterocycles. The number of benzene rings is 2. The lowest BCUT2D eigenvalue weighted by atomic mass is 10.0. The predicted molar refractivity (Wildman–Crippen MR) is 106 cm³/mol. The summed E-state index contributed by atoms with van der Waals surface area (Å²) in [4.78, 5) is 26.4. The van der Waals surface area contributed by atoms with Crippen LogP contribution < -0.4 is 15.5 Å². The number of ether oxygens (including phenoxy) is 1. The molecule has 2 aromatic carbocycles. The number of nitrogens with one attached hydrogen (secondary N) is 2.